The fraction of sp³-hybridized carbons (Fsp3) is 0.357. The molecule has 0 aliphatic carbocycles. The SMILES string of the molecule is C=CCN(C(=O)c1cccc(F)c1N)C(C)(C)C. The van der Waals surface area contributed by atoms with Gasteiger partial charge in [-0.1, -0.05) is 12.1 Å². The van der Waals surface area contributed by atoms with Crippen LogP contribution in [0.1, 0.15) is 31.1 Å². The van der Waals surface area contributed by atoms with Crippen molar-refractivity contribution in [1.82, 2.24) is 4.90 Å². The molecule has 0 atom stereocenters. The fourth-order valence-corrected chi connectivity index (χ4v) is 1.66. The van der Waals surface area contributed by atoms with Crippen LogP contribution < -0.4 is 5.73 Å². The molecule has 0 heterocycles. The molecule has 0 saturated carbocycles. The lowest BCUT2D eigenvalue weighted by atomic mass is 10.0. The number of para-hydroxylation sites is 1. The Labute approximate surface area is 107 Å². The molecule has 0 aromatic heterocycles. The molecular formula is C14H19FN2O. The third kappa shape index (κ3) is 2.88. The van der Waals surface area contributed by atoms with Crippen molar-refractivity contribution >= 4 is 11.6 Å². The Bertz CT molecular complexity index is 463. The van der Waals surface area contributed by atoms with E-state index in [1.807, 2.05) is 20.8 Å². The standard InChI is InChI=1S/C14H19FN2O/c1-5-9-17(14(2,3)4)13(18)10-7-6-8-11(15)12(10)16/h5-8H,1,9,16H2,2-4H3. The molecular weight excluding hydrogens is 231 g/mol. The Hall–Kier alpha value is -1.84. The molecule has 0 aliphatic heterocycles. The quantitative estimate of drug-likeness (QED) is 0.662. The summed E-state index contributed by atoms with van der Waals surface area (Å²) in [6.07, 6.45) is 1.64. The number of benzene rings is 1. The van der Waals surface area contributed by atoms with Crippen LogP contribution >= 0.6 is 0 Å². The number of carbonyl (C=O) groups excluding carboxylic acids is 1. The third-order valence-corrected chi connectivity index (χ3v) is 2.65. The van der Waals surface area contributed by atoms with Gasteiger partial charge in [0, 0.05) is 12.1 Å². The lowest BCUT2D eigenvalue weighted by Gasteiger charge is -2.35. The summed E-state index contributed by atoms with van der Waals surface area (Å²) in [4.78, 5) is 14.0. The fourth-order valence-electron chi connectivity index (χ4n) is 1.66. The van der Waals surface area contributed by atoms with Crippen LogP contribution in [0, 0.1) is 5.82 Å². The topological polar surface area (TPSA) is 46.3 Å². The number of amides is 1. The van der Waals surface area contributed by atoms with Crippen LogP contribution in [0.25, 0.3) is 0 Å². The van der Waals surface area contributed by atoms with Gasteiger partial charge in [-0.15, -0.1) is 6.58 Å². The molecule has 2 N–H and O–H groups in total. The van der Waals surface area contributed by atoms with E-state index < -0.39 is 5.82 Å². The summed E-state index contributed by atoms with van der Waals surface area (Å²) in [5.41, 5.74) is 5.30. The highest BCUT2D eigenvalue weighted by Gasteiger charge is 2.27. The minimum atomic E-state index is -0.576. The summed E-state index contributed by atoms with van der Waals surface area (Å²) in [7, 11) is 0. The molecule has 0 spiro atoms. The maximum atomic E-state index is 13.4. The van der Waals surface area contributed by atoms with Crippen LogP contribution in [0.3, 0.4) is 0 Å². The molecule has 0 saturated heterocycles. The zero-order chi connectivity index (χ0) is 13.9. The van der Waals surface area contributed by atoms with Crippen LogP contribution in [0.4, 0.5) is 10.1 Å². The van der Waals surface area contributed by atoms with E-state index in [2.05, 4.69) is 6.58 Å². The normalized spacial score (nSPS) is 11.1. The summed E-state index contributed by atoms with van der Waals surface area (Å²) in [6, 6.07) is 4.25. The third-order valence-electron chi connectivity index (χ3n) is 2.65. The molecule has 0 bridgehead atoms. The Kier molecular flexibility index (Phi) is 4.11. The molecule has 4 heteroatoms. The highest BCUT2D eigenvalue weighted by molar-refractivity contribution is 5.99. The molecule has 0 unspecified atom stereocenters. The Morgan fingerprint density at radius 1 is 1.50 bits per heavy atom. The van der Waals surface area contributed by atoms with Crippen molar-refractivity contribution in [3.05, 3.63) is 42.2 Å². The molecule has 18 heavy (non-hydrogen) atoms. The second kappa shape index (κ2) is 5.21. The Morgan fingerprint density at radius 2 is 2.11 bits per heavy atom. The maximum Gasteiger partial charge on any atom is 0.256 e. The first kappa shape index (κ1) is 14.2. The van der Waals surface area contributed by atoms with Gasteiger partial charge < -0.3 is 10.6 Å². The van der Waals surface area contributed by atoms with Crippen LogP contribution in [0.15, 0.2) is 30.9 Å². The van der Waals surface area contributed by atoms with Crippen LogP contribution in [0.2, 0.25) is 0 Å². The molecule has 0 fully saturated rings. The average molecular weight is 250 g/mol. The van der Waals surface area contributed by atoms with Gasteiger partial charge >= 0.3 is 0 Å². The predicted octanol–water partition coefficient (Wildman–Crippen LogP) is 2.83. The van der Waals surface area contributed by atoms with Crippen LogP contribution in [-0.2, 0) is 0 Å². The van der Waals surface area contributed by atoms with E-state index in [-0.39, 0.29) is 22.7 Å². The summed E-state index contributed by atoms with van der Waals surface area (Å²) in [6.45, 7) is 9.74. The second-order valence-corrected chi connectivity index (χ2v) is 5.08. The summed E-state index contributed by atoms with van der Waals surface area (Å²) in [5, 5.41) is 0. The van der Waals surface area contributed by atoms with Crippen LogP contribution in [-0.4, -0.2) is 22.9 Å². The number of anilines is 1. The molecule has 1 amide bonds. The Morgan fingerprint density at radius 3 is 2.61 bits per heavy atom. The van der Waals surface area contributed by atoms with E-state index in [4.69, 9.17) is 5.73 Å². The van der Waals surface area contributed by atoms with Crippen molar-refractivity contribution in [2.75, 3.05) is 12.3 Å². The number of nitrogens with two attached hydrogens (primary N) is 1. The van der Waals surface area contributed by atoms with Crippen molar-refractivity contribution in [2.45, 2.75) is 26.3 Å². The van der Waals surface area contributed by atoms with Gasteiger partial charge in [-0.2, -0.15) is 0 Å². The van der Waals surface area contributed by atoms with Gasteiger partial charge in [-0.3, -0.25) is 4.79 Å². The summed E-state index contributed by atoms with van der Waals surface area (Å²) in [5.74, 6) is -0.868. The predicted molar refractivity (Wildman–Crippen MR) is 71.8 cm³/mol. The number of rotatable bonds is 3. The van der Waals surface area contributed by atoms with E-state index in [9.17, 15) is 9.18 Å². The highest BCUT2D eigenvalue weighted by atomic mass is 19.1. The molecule has 0 radical (unpaired) electrons. The lowest BCUT2D eigenvalue weighted by molar-refractivity contribution is 0.0617. The van der Waals surface area contributed by atoms with E-state index >= 15 is 0 Å². The van der Waals surface area contributed by atoms with E-state index in [1.54, 1.807) is 11.0 Å². The van der Waals surface area contributed by atoms with E-state index in [1.165, 1.54) is 18.2 Å². The number of hydrogen-bond acceptors (Lipinski definition) is 2. The van der Waals surface area contributed by atoms with Crippen molar-refractivity contribution < 1.29 is 9.18 Å². The maximum absolute atomic E-state index is 13.4. The van der Waals surface area contributed by atoms with E-state index in [0.29, 0.717) is 6.54 Å². The number of carbonyl (C=O) groups is 1. The Balaban J connectivity index is 3.18. The number of nitrogens with zero attached hydrogens (tertiary/aromatic N) is 1. The zero-order valence-corrected chi connectivity index (χ0v) is 11.0. The minimum Gasteiger partial charge on any atom is -0.396 e. The monoisotopic (exact) mass is 250 g/mol. The smallest absolute Gasteiger partial charge is 0.256 e. The molecule has 1 rings (SSSR count). The first-order valence-electron chi connectivity index (χ1n) is 5.76. The number of halogens is 1. The van der Waals surface area contributed by atoms with Gasteiger partial charge in [0.1, 0.15) is 5.82 Å². The van der Waals surface area contributed by atoms with Gasteiger partial charge in [-0.05, 0) is 32.9 Å². The van der Waals surface area contributed by atoms with E-state index in [0.717, 1.165) is 0 Å². The van der Waals surface area contributed by atoms with Gasteiger partial charge in [0.05, 0.1) is 11.3 Å². The van der Waals surface area contributed by atoms with Crippen molar-refractivity contribution in [3.8, 4) is 0 Å². The van der Waals surface area contributed by atoms with Crippen LogP contribution in [0.5, 0.6) is 0 Å². The molecule has 1 aromatic carbocycles. The molecule has 98 valence electrons. The lowest BCUT2D eigenvalue weighted by Crippen LogP contribution is -2.45. The average Bonchev–Trinajstić information content (AvgIpc) is 2.27. The first-order chi connectivity index (χ1) is 8.29. The largest absolute Gasteiger partial charge is 0.396 e. The first-order valence-corrected chi connectivity index (χ1v) is 5.76. The highest BCUT2D eigenvalue weighted by Crippen LogP contribution is 2.22. The van der Waals surface area contributed by atoms with Gasteiger partial charge in [0.25, 0.3) is 5.91 Å². The van der Waals surface area contributed by atoms with Crippen molar-refractivity contribution in [1.29, 1.82) is 0 Å². The zero-order valence-electron chi connectivity index (χ0n) is 11.0. The van der Waals surface area contributed by atoms with Gasteiger partial charge in [0.15, 0.2) is 0 Å². The minimum absolute atomic E-state index is 0.110. The van der Waals surface area contributed by atoms with Gasteiger partial charge in [-0.25, -0.2) is 4.39 Å². The number of nitrogen functional groups attached to an aromatic ring is 1. The molecule has 3 nitrogen and oxygen atoms in total. The van der Waals surface area contributed by atoms with Crippen molar-refractivity contribution in [2.24, 2.45) is 0 Å². The summed E-state index contributed by atoms with van der Waals surface area (Å²) >= 11 is 0. The summed E-state index contributed by atoms with van der Waals surface area (Å²) < 4.78 is 13.4. The second-order valence-electron chi connectivity index (χ2n) is 5.08. The van der Waals surface area contributed by atoms with Gasteiger partial charge in [0.2, 0.25) is 0 Å². The van der Waals surface area contributed by atoms with Crippen molar-refractivity contribution in [3.63, 3.8) is 0 Å². The molecule has 1 aromatic rings. The molecule has 0 aliphatic rings. The number of hydrogen-bond donors (Lipinski definition) is 1.